The Balaban J connectivity index is 1.67. The van der Waals surface area contributed by atoms with Crippen LogP contribution < -0.4 is 5.32 Å². The Morgan fingerprint density at radius 3 is 2.65 bits per heavy atom. The molecule has 1 aromatic heterocycles. The largest absolute Gasteiger partial charge is 0.296 e. The number of hydrogen-bond acceptors (Lipinski definition) is 5. The van der Waals surface area contributed by atoms with Gasteiger partial charge in [0.1, 0.15) is 0 Å². The second kappa shape index (κ2) is 9.31. The van der Waals surface area contributed by atoms with Gasteiger partial charge >= 0.3 is 0 Å². The SMILES string of the molecule is C=CCSc1nnc(NC(=O)c2ccccc2CCc2ccccc2)s1. The third-order valence-electron chi connectivity index (χ3n) is 3.74. The number of aryl methyl sites for hydroxylation is 2. The summed E-state index contributed by atoms with van der Waals surface area (Å²) in [5.41, 5.74) is 2.97. The molecule has 3 aromatic rings. The van der Waals surface area contributed by atoms with Crippen LogP contribution in [0.25, 0.3) is 0 Å². The number of nitrogens with zero attached hydrogens (tertiary/aromatic N) is 2. The summed E-state index contributed by atoms with van der Waals surface area (Å²) >= 11 is 2.92. The van der Waals surface area contributed by atoms with E-state index < -0.39 is 0 Å². The maximum atomic E-state index is 12.7. The third-order valence-corrected chi connectivity index (χ3v) is 5.71. The van der Waals surface area contributed by atoms with E-state index in [1.54, 1.807) is 11.8 Å². The van der Waals surface area contributed by atoms with Crippen molar-refractivity contribution >= 4 is 34.1 Å². The van der Waals surface area contributed by atoms with Crippen molar-refractivity contribution in [2.24, 2.45) is 0 Å². The van der Waals surface area contributed by atoms with E-state index in [4.69, 9.17) is 0 Å². The molecule has 1 amide bonds. The number of aromatic nitrogens is 2. The summed E-state index contributed by atoms with van der Waals surface area (Å²) in [5, 5.41) is 11.5. The van der Waals surface area contributed by atoms with Crippen molar-refractivity contribution in [3.8, 4) is 0 Å². The molecule has 0 atom stereocenters. The van der Waals surface area contributed by atoms with Gasteiger partial charge in [0.15, 0.2) is 4.34 Å². The van der Waals surface area contributed by atoms with Gasteiger partial charge in [-0.1, -0.05) is 77.7 Å². The summed E-state index contributed by atoms with van der Waals surface area (Å²) in [4.78, 5) is 12.7. The van der Waals surface area contributed by atoms with Gasteiger partial charge < -0.3 is 0 Å². The zero-order valence-electron chi connectivity index (χ0n) is 14.2. The maximum absolute atomic E-state index is 12.7. The smallest absolute Gasteiger partial charge is 0.257 e. The predicted octanol–water partition coefficient (Wildman–Crippen LogP) is 4.85. The number of anilines is 1. The van der Waals surface area contributed by atoms with Crippen molar-refractivity contribution in [3.05, 3.63) is 83.9 Å². The zero-order chi connectivity index (χ0) is 18.2. The fourth-order valence-corrected chi connectivity index (χ4v) is 4.00. The lowest BCUT2D eigenvalue weighted by atomic mass is 9.99. The van der Waals surface area contributed by atoms with E-state index >= 15 is 0 Å². The van der Waals surface area contributed by atoms with E-state index in [2.05, 4.69) is 34.2 Å². The van der Waals surface area contributed by atoms with Gasteiger partial charge in [-0.05, 0) is 30.0 Å². The van der Waals surface area contributed by atoms with Crippen LogP contribution >= 0.6 is 23.1 Å². The number of rotatable bonds is 8. The highest BCUT2D eigenvalue weighted by Gasteiger charge is 2.14. The van der Waals surface area contributed by atoms with Crippen molar-refractivity contribution in [1.29, 1.82) is 0 Å². The molecular formula is C20H19N3OS2. The Labute approximate surface area is 161 Å². The van der Waals surface area contributed by atoms with E-state index in [9.17, 15) is 4.79 Å². The number of thioether (sulfide) groups is 1. The number of carbonyl (C=O) groups excluding carboxylic acids is 1. The molecule has 0 spiro atoms. The standard InChI is InChI=1S/C20H19N3OS2/c1-2-14-25-20-23-22-19(26-20)21-18(24)17-11-7-6-10-16(17)13-12-15-8-4-3-5-9-15/h2-11H,1,12-14H2,(H,21,22,24). The second-order valence-electron chi connectivity index (χ2n) is 5.57. The molecule has 132 valence electrons. The molecule has 0 saturated carbocycles. The lowest BCUT2D eigenvalue weighted by Gasteiger charge is -2.09. The molecule has 0 aliphatic rings. The molecule has 2 aromatic carbocycles. The van der Waals surface area contributed by atoms with Crippen molar-refractivity contribution in [2.75, 3.05) is 11.1 Å². The molecule has 0 fully saturated rings. The van der Waals surface area contributed by atoms with Gasteiger partial charge in [-0.3, -0.25) is 10.1 Å². The number of nitrogens with one attached hydrogen (secondary N) is 1. The Hall–Kier alpha value is -2.44. The molecule has 6 heteroatoms. The highest BCUT2D eigenvalue weighted by atomic mass is 32.2. The second-order valence-corrected chi connectivity index (χ2v) is 7.81. The van der Waals surface area contributed by atoms with Crippen LogP contribution in [0.5, 0.6) is 0 Å². The summed E-state index contributed by atoms with van der Waals surface area (Å²) in [6, 6.07) is 18.0. The Morgan fingerprint density at radius 2 is 1.85 bits per heavy atom. The van der Waals surface area contributed by atoms with Crippen LogP contribution in [0.3, 0.4) is 0 Å². The molecule has 1 heterocycles. The van der Waals surface area contributed by atoms with E-state index in [0.29, 0.717) is 10.7 Å². The molecule has 0 radical (unpaired) electrons. The first-order chi connectivity index (χ1) is 12.8. The fourth-order valence-electron chi connectivity index (χ4n) is 2.50. The first kappa shape index (κ1) is 18.4. The van der Waals surface area contributed by atoms with Crippen molar-refractivity contribution in [2.45, 2.75) is 17.2 Å². The third kappa shape index (κ3) is 5.03. The number of carbonyl (C=O) groups is 1. The van der Waals surface area contributed by atoms with Gasteiger partial charge in [0.2, 0.25) is 5.13 Å². The fraction of sp³-hybridized carbons (Fsp3) is 0.150. The van der Waals surface area contributed by atoms with Crippen LogP contribution in [0.2, 0.25) is 0 Å². The molecule has 0 aliphatic carbocycles. The van der Waals surface area contributed by atoms with Crippen LogP contribution in [0.1, 0.15) is 21.5 Å². The summed E-state index contributed by atoms with van der Waals surface area (Å²) in [5.74, 6) is 0.621. The van der Waals surface area contributed by atoms with E-state index in [1.807, 2.05) is 48.5 Å². The minimum atomic E-state index is -0.148. The molecule has 3 rings (SSSR count). The lowest BCUT2D eigenvalue weighted by Crippen LogP contribution is -2.14. The molecule has 0 saturated heterocycles. The quantitative estimate of drug-likeness (QED) is 0.344. The summed E-state index contributed by atoms with van der Waals surface area (Å²) in [6.07, 6.45) is 3.52. The number of amides is 1. The molecule has 26 heavy (non-hydrogen) atoms. The molecular weight excluding hydrogens is 362 g/mol. The van der Waals surface area contributed by atoms with Gasteiger partial charge in [-0.15, -0.1) is 16.8 Å². The van der Waals surface area contributed by atoms with Crippen LogP contribution in [0.4, 0.5) is 5.13 Å². The van der Waals surface area contributed by atoms with Crippen LogP contribution in [-0.4, -0.2) is 21.9 Å². The Kier molecular flexibility index (Phi) is 6.57. The summed E-state index contributed by atoms with van der Waals surface area (Å²) in [6.45, 7) is 3.69. The predicted molar refractivity (Wildman–Crippen MR) is 109 cm³/mol. The minimum Gasteiger partial charge on any atom is -0.296 e. The number of benzene rings is 2. The van der Waals surface area contributed by atoms with Gasteiger partial charge in [0, 0.05) is 11.3 Å². The van der Waals surface area contributed by atoms with Gasteiger partial charge in [-0.2, -0.15) is 0 Å². The van der Waals surface area contributed by atoms with Crippen LogP contribution in [0, 0.1) is 0 Å². The maximum Gasteiger partial charge on any atom is 0.257 e. The molecule has 1 N–H and O–H groups in total. The highest BCUT2D eigenvalue weighted by molar-refractivity contribution is 8.01. The number of hydrogen-bond donors (Lipinski definition) is 1. The van der Waals surface area contributed by atoms with E-state index in [1.165, 1.54) is 16.9 Å². The van der Waals surface area contributed by atoms with Crippen molar-refractivity contribution < 1.29 is 4.79 Å². The average Bonchev–Trinajstić information content (AvgIpc) is 3.13. The summed E-state index contributed by atoms with van der Waals surface area (Å²) < 4.78 is 0.817. The highest BCUT2D eigenvalue weighted by Crippen LogP contribution is 2.26. The Bertz CT molecular complexity index is 878. The normalized spacial score (nSPS) is 10.5. The van der Waals surface area contributed by atoms with Crippen LogP contribution in [-0.2, 0) is 12.8 Å². The van der Waals surface area contributed by atoms with Crippen molar-refractivity contribution in [1.82, 2.24) is 10.2 Å². The first-order valence-corrected chi connectivity index (χ1v) is 10.1. The van der Waals surface area contributed by atoms with E-state index in [-0.39, 0.29) is 5.91 Å². The van der Waals surface area contributed by atoms with Crippen LogP contribution in [0.15, 0.2) is 71.6 Å². The zero-order valence-corrected chi connectivity index (χ0v) is 15.9. The van der Waals surface area contributed by atoms with E-state index in [0.717, 1.165) is 28.5 Å². The molecule has 4 nitrogen and oxygen atoms in total. The summed E-state index contributed by atoms with van der Waals surface area (Å²) in [7, 11) is 0. The Morgan fingerprint density at radius 1 is 1.08 bits per heavy atom. The van der Waals surface area contributed by atoms with Gasteiger partial charge in [0.05, 0.1) is 0 Å². The van der Waals surface area contributed by atoms with Gasteiger partial charge in [0.25, 0.3) is 5.91 Å². The average molecular weight is 382 g/mol. The lowest BCUT2D eigenvalue weighted by molar-refractivity contribution is 0.102. The molecule has 0 unspecified atom stereocenters. The molecule has 0 bridgehead atoms. The topological polar surface area (TPSA) is 54.9 Å². The molecule has 0 aliphatic heterocycles. The van der Waals surface area contributed by atoms with Crippen molar-refractivity contribution in [3.63, 3.8) is 0 Å². The monoisotopic (exact) mass is 381 g/mol. The minimum absolute atomic E-state index is 0.148. The first-order valence-electron chi connectivity index (χ1n) is 8.26. The van der Waals surface area contributed by atoms with Gasteiger partial charge in [-0.25, -0.2) is 0 Å².